The van der Waals surface area contributed by atoms with E-state index < -0.39 is 5.60 Å². The Labute approximate surface area is 154 Å². The van der Waals surface area contributed by atoms with Crippen LogP contribution in [0, 0.1) is 5.92 Å². The number of ether oxygens (including phenoxy) is 1. The van der Waals surface area contributed by atoms with Crippen molar-refractivity contribution < 1.29 is 14.6 Å². The van der Waals surface area contributed by atoms with E-state index in [-0.39, 0.29) is 30.8 Å². The Morgan fingerprint density at radius 2 is 1.60 bits per heavy atom. The number of benzene rings is 2. The van der Waals surface area contributed by atoms with E-state index in [9.17, 15) is 9.90 Å². The number of rotatable bonds is 6. The zero-order chi connectivity index (χ0) is 18.4. The van der Waals surface area contributed by atoms with Crippen LogP contribution in [0.4, 0.5) is 0 Å². The Balaban J connectivity index is 2.32. The number of halogens is 1. The monoisotopic (exact) mass is 360 g/mol. The number of aliphatic hydroxyl groups excluding tert-OH is 1. The number of esters is 1. The fourth-order valence-corrected chi connectivity index (χ4v) is 3.08. The minimum atomic E-state index is -0.542. The molecule has 134 valence electrons. The Bertz CT molecular complexity index is 675. The molecule has 0 fully saturated rings. The predicted octanol–water partition coefficient (Wildman–Crippen LogP) is 4.81. The van der Waals surface area contributed by atoms with Gasteiger partial charge in [-0.15, -0.1) is 0 Å². The summed E-state index contributed by atoms with van der Waals surface area (Å²) in [7, 11) is 0. The van der Waals surface area contributed by atoms with E-state index in [0.29, 0.717) is 5.02 Å². The Hall–Kier alpha value is -1.84. The van der Waals surface area contributed by atoms with Crippen LogP contribution in [-0.2, 0) is 9.53 Å². The van der Waals surface area contributed by atoms with Crippen molar-refractivity contribution in [2.45, 2.75) is 38.7 Å². The third kappa shape index (κ3) is 5.87. The molecular formula is C21H25ClO3. The van der Waals surface area contributed by atoms with Gasteiger partial charge in [0, 0.05) is 23.5 Å². The van der Waals surface area contributed by atoms with Gasteiger partial charge in [-0.3, -0.25) is 4.79 Å². The highest BCUT2D eigenvalue weighted by molar-refractivity contribution is 6.30. The maximum Gasteiger partial charge on any atom is 0.306 e. The molecule has 0 bridgehead atoms. The summed E-state index contributed by atoms with van der Waals surface area (Å²) < 4.78 is 5.44. The third-order valence-corrected chi connectivity index (χ3v) is 4.19. The number of aliphatic hydroxyl groups is 1. The van der Waals surface area contributed by atoms with Gasteiger partial charge in [-0.05, 0) is 44.0 Å². The first kappa shape index (κ1) is 19.5. The molecule has 25 heavy (non-hydrogen) atoms. The molecular weight excluding hydrogens is 336 g/mol. The van der Waals surface area contributed by atoms with Crippen LogP contribution in [0.2, 0.25) is 5.02 Å². The summed E-state index contributed by atoms with van der Waals surface area (Å²) in [6.07, 6.45) is 0.149. The molecule has 0 aliphatic rings. The molecule has 0 unspecified atom stereocenters. The second-order valence-electron chi connectivity index (χ2n) is 7.17. The van der Waals surface area contributed by atoms with Gasteiger partial charge in [0.2, 0.25) is 0 Å². The summed E-state index contributed by atoms with van der Waals surface area (Å²) in [4.78, 5) is 12.3. The lowest BCUT2D eigenvalue weighted by Gasteiger charge is -2.28. The summed E-state index contributed by atoms with van der Waals surface area (Å²) in [5.41, 5.74) is 1.52. The summed E-state index contributed by atoms with van der Waals surface area (Å²) >= 11 is 6.01. The molecule has 3 nitrogen and oxygen atoms in total. The van der Waals surface area contributed by atoms with Crippen molar-refractivity contribution in [1.82, 2.24) is 0 Å². The second-order valence-corrected chi connectivity index (χ2v) is 7.61. The molecule has 2 atom stereocenters. The van der Waals surface area contributed by atoms with Gasteiger partial charge < -0.3 is 9.84 Å². The lowest BCUT2D eigenvalue weighted by atomic mass is 9.79. The zero-order valence-corrected chi connectivity index (χ0v) is 15.7. The predicted molar refractivity (Wildman–Crippen MR) is 101 cm³/mol. The molecule has 0 saturated heterocycles. The zero-order valence-electron chi connectivity index (χ0n) is 14.9. The van der Waals surface area contributed by atoms with Gasteiger partial charge in [0.05, 0.1) is 6.42 Å². The Morgan fingerprint density at radius 3 is 2.12 bits per heavy atom. The van der Waals surface area contributed by atoms with E-state index in [1.807, 2.05) is 75.4 Å². The van der Waals surface area contributed by atoms with Crippen LogP contribution in [0.15, 0.2) is 54.6 Å². The van der Waals surface area contributed by atoms with Crippen molar-refractivity contribution in [3.05, 3.63) is 70.7 Å². The molecule has 0 aliphatic carbocycles. The lowest BCUT2D eigenvalue weighted by molar-refractivity contribution is -0.156. The van der Waals surface area contributed by atoms with Crippen molar-refractivity contribution in [3.63, 3.8) is 0 Å². The molecule has 2 rings (SSSR count). The van der Waals surface area contributed by atoms with Crippen LogP contribution < -0.4 is 0 Å². The molecule has 1 N–H and O–H groups in total. The van der Waals surface area contributed by atoms with Gasteiger partial charge in [0.15, 0.2) is 0 Å². The smallest absolute Gasteiger partial charge is 0.306 e. The van der Waals surface area contributed by atoms with E-state index in [1.165, 1.54) is 0 Å². The second kappa shape index (κ2) is 8.50. The summed E-state index contributed by atoms with van der Waals surface area (Å²) in [5, 5.41) is 10.6. The molecule has 0 radical (unpaired) electrons. The van der Waals surface area contributed by atoms with Crippen molar-refractivity contribution in [3.8, 4) is 0 Å². The van der Waals surface area contributed by atoms with E-state index >= 15 is 0 Å². The maximum atomic E-state index is 12.3. The standard InChI is InChI=1S/C21H25ClO3/c1-21(2,3)25-19(24)13-17(14-23)20(15-7-5-4-6-8-15)16-9-11-18(22)12-10-16/h4-12,17,20,23H,13-14H2,1-3H3/t17-,20-/m1/s1. The van der Waals surface area contributed by atoms with Gasteiger partial charge in [-0.2, -0.15) is 0 Å². The maximum absolute atomic E-state index is 12.3. The number of carbonyl (C=O) groups excluding carboxylic acids is 1. The Kier molecular flexibility index (Phi) is 6.63. The molecule has 0 saturated carbocycles. The molecule has 2 aromatic carbocycles. The molecule has 0 aliphatic heterocycles. The van der Waals surface area contributed by atoms with Gasteiger partial charge in [0.1, 0.15) is 5.60 Å². The molecule has 0 amide bonds. The molecule has 0 heterocycles. The first-order valence-corrected chi connectivity index (χ1v) is 8.81. The minimum Gasteiger partial charge on any atom is -0.460 e. The average molecular weight is 361 g/mol. The lowest BCUT2D eigenvalue weighted by Crippen LogP contribution is -2.28. The van der Waals surface area contributed by atoms with E-state index in [1.54, 1.807) is 0 Å². The van der Waals surface area contributed by atoms with Crippen molar-refractivity contribution in [1.29, 1.82) is 0 Å². The summed E-state index contributed by atoms with van der Waals surface area (Å²) in [5.74, 6) is -0.698. The first-order valence-electron chi connectivity index (χ1n) is 8.43. The highest BCUT2D eigenvalue weighted by Gasteiger charge is 2.28. The summed E-state index contributed by atoms with van der Waals surface area (Å²) in [6.45, 7) is 5.41. The van der Waals surface area contributed by atoms with Crippen molar-refractivity contribution in [2.24, 2.45) is 5.92 Å². The van der Waals surface area contributed by atoms with E-state index in [2.05, 4.69) is 0 Å². The topological polar surface area (TPSA) is 46.5 Å². The number of carbonyl (C=O) groups is 1. The average Bonchev–Trinajstić information content (AvgIpc) is 2.55. The molecule has 4 heteroatoms. The van der Waals surface area contributed by atoms with Gasteiger partial charge >= 0.3 is 5.97 Å². The highest BCUT2D eigenvalue weighted by Crippen LogP contribution is 2.35. The molecule has 0 aromatic heterocycles. The van der Waals surface area contributed by atoms with Gasteiger partial charge in [0.25, 0.3) is 0 Å². The molecule has 0 spiro atoms. The van der Waals surface area contributed by atoms with Crippen LogP contribution in [0.5, 0.6) is 0 Å². The molecule has 2 aromatic rings. The largest absolute Gasteiger partial charge is 0.460 e. The van der Waals surface area contributed by atoms with Gasteiger partial charge in [-0.25, -0.2) is 0 Å². The normalized spacial score (nSPS) is 14.0. The van der Waals surface area contributed by atoms with Crippen LogP contribution in [0.1, 0.15) is 44.2 Å². The van der Waals surface area contributed by atoms with Crippen molar-refractivity contribution in [2.75, 3.05) is 6.61 Å². The number of hydrogen-bond acceptors (Lipinski definition) is 3. The van der Waals surface area contributed by atoms with Crippen LogP contribution in [-0.4, -0.2) is 23.3 Å². The van der Waals surface area contributed by atoms with E-state index in [0.717, 1.165) is 11.1 Å². The number of hydrogen-bond donors (Lipinski definition) is 1. The van der Waals surface area contributed by atoms with E-state index in [4.69, 9.17) is 16.3 Å². The highest BCUT2D eigenvalue weighted by atomic mass is 35.5. The minimum absolute atomic E-state index is 0.110. The van der Waals surface area contributed by atoms with Crippen molar-refractivity contribution >= 4 is 17.6 Å². The quantitative estimate of drug-likeness (QED) is 0.752. The van der Waals surface area contributed by atoms with Crippen LogP contribution >= 0.6 is 11.6 Å². The summed E-state index contributed by atoms with van der Waals surface area (Å²) in [6, 6.07) is 17.4. The van der Waals surface area contributed by atoms with Crippen LogP contribution in [0.25, 0.3) is 0 Å². The Morgan fingerprint density at radius 1 is 1.04 bits per heavy atom. The van der Waals surface area contributed by atoms with Crippen LogP contribution in [0.3, 0.4) is 0 Å². The fourth-order valence-electron chi connectivity index (χ4n) is 2.95. The third-order valence-electron chi connectivity index (χ3n) is 3.94. The fraction of sp³-hybridized carbons (Fsp3) is 0.381. The van der Waals surface area contributed by atoms with Gasteiger partial charge in [-0.1, -0.05) is 54.1 Å². The SMILES string of the molecule is CC(C)(C)OC(=O)C[C@H](CO)[C@H](c1ccccc1)c1ccc(Cl)cc1. The first-order chi connectivity index (χ1) is 11.8.